The van der Waals surface area contributed by atoms with Crippen LogP contribution in [-0.4, -0.2) is 63.9 Å². The molecule has 3 aromatic heterocycles. The van der Waals surface area contributed by atoms with Crippen molar-refractivity contribution >= 4 is 34.5 Å². The Hall–Kier alpha value is -2.29. The summed E-state index contributed by atoms with van der Waals surface area (Å²) in [5.41, 5.74) is 1.64. The Morgan fingerprint density at radius 2 is 2.07 bits per heavy atom. The predicted molar refractivity (Wildman–Crippen MR) is 115 cm³/mol. The van der Waals surface area contributed by atoms with Crippen LogP contribution in [0.5, 0.6) is 0 Å². The van der Waals surface area contributed by atoms with E-state index < -0.39 is 0 Å². The molecule has 0 saturated carbocycles. The molecule has 0 N–H and O–H groups in total. The minimum absolute atomic E-state index is 0.0746. The zero-order valence-corrected chi connectivity index (χ0v) is 17.9. The quantitative estimate of drug-likeness (QED) is 0.559. The highest BCUT2D eigenvalue weighted by Crippen LogP contribution is 2.23. The molecule has 0 aromatic carbocycles. The second-order valence-electron chi connectivity index (χ2n) is 7.20. The van der Waals surface area contributed by atoms with Crippen molar-refractivity contribution in [3.05, 3.63) is 51.6 Å². The summed E-state index contributed by atoms with van der Waals surface area (Å²) >= 11 is 7.20. The van der Waals surface area contributed by atoms with Crippen LogP contribution >= 0.6 is 22.9 Å². The first kappa shape index (κ1) is 20.0. The van der Waals surface area contributed by atoms with Gasteiger partial charge in [-0.05, 0) is 44.3 Å². The summed E-state index contributed by atoms with van der Waals surface area (Å²) in [5, 5.41) is 8.38. The summed E-state index contributed by atoms with van der Waals surface area (Å²) in [7, 11) is 2.16. The van der Waals surface area contributed by atoms with Crippen molar-refractivity contribution in [2.45, 2.75) is 19.3 Å². The third-order valence-electron chi connectivity index (χ3n) is 5.04. The molecule has 0 amide bonds. The van der Waals surface area contributed by atoms with Crippen molar-refractivity contribution in [1.82, 2.24) is 24.9 Å². The Bertz CT molecular complexity index is 970. The molecule has 152 valence electrons. The van der Waals surface area contributed by atoms with Gasteiger partial charge in [-0.15, -0.1) is 16.4 Å². The van der Waals surface area contributed by atoms with Crippen LogP contribution in [0.2, 0.25) is 4.34 Å². The fraction of sp³-hybridized carbons (Fsp3) is 0.400. The third kappa shape index (κ3) is 5.01. The molecule has 0 radical (unpaired) electrons. The highest BCUT2D eigenvalue weighted by Gasteiger charge is 2.14. The van der Waals surface area contributed by atoms with E-state index in [0.717, 1.165) is 49.8 Å². The number of anilines is 1. The summed E-state index contributed by atoms with van der Waals surface area (Å²) in [4.78, 5) is 22.2. The van der Waals surface area contributed by atoms with E-state index in [1.165, 1.54) is 11.3 Å². The monoisotopic (exact) mass is 430 g/mol. The van der Waals surface area contributed by atoms with E-state index in [9.17, 15) is 4.79 Å². The number of pyridine rings is 1. The Balaban J connectivity index is 1.37. The number of aromatic nitrogens is 4. The number of Topliss-reactive ketones (excluding diaryl/α,β-unsaturated/α-hetero) is 1. The summed E-state index contributed by atoms with van der Waals surface area (Å²) in [6.45, 7) is 4.18. The Morgan fingerprint density at radius 1 is 1.17 bits per heavy atom. The number of nitrogens with zero attached hydrogens (tertiary/aromatic N) is 6. The van der Waals surface area contributed by atoms with Crippen molar-refractivity contribution in [2.75, 3.05) is 38.1 Å². The lowest BCUT2D eigenvalue weighted by Crippen LogP contribution is -2.29. The molecule has 1 aliphatic rings. The molecule has 0 atom stereocenters. The van der Waals surface area contributed by atoms with Crippen molar-refractivity contribution in [1.29, 1.82) is 0 Å². The van der Waals surface area contributed by atoms with Crippen LogP contribution in [0.25, 0.3) is 5.69 Å². The first-order chi connectivity index (χ1) is 14.1. The maximum Gasteiger partial charge on any atom is 0.173 e. The molecule has 9 heteroatoms. The van der Waals surface area contributed by atoms with Crippen molar-refractivity contribution in [2.24, 2.45) is 0 Å². The molecule has 7 nitrogen and oxygen atoms in total. The van der Waals surface area contributed by atoms with E-state index in [0.29, 0.717) is 22.1 Å². The average molecular weight is 431 g/mol. The Kier molecular flexibility index (Phi) is 6.22. The van der Waals surface area contributed by atoms with Gasteiger partial charge in [0, 0.05) is 32.5 Å². The Labute approximate surface area is 178 Å². The van der Waals surface area contributed by atoms with Gasteiger partial charge in [-0.25, -0.2) is 9.67 Å². The third-order valence-corrected chi connectivity index (χ3v) is 6.31. The molecule has 1 aliphatic heterocycles. The van der Waals surface area contributed by atoms with Crippen molar-refractivity contribution in [3.8, 4) is 5.69 Å². The summed E-state index contributed by atoms with van der Waals surface area (Å²) in [5.74, 6) is 1.06. The molecule has 0 aliphatic carbocycles. The van der Waals surface area contributed by atoms with Crippen LogP contribution < -0.4 is 4.90 Å². The van der Waals surface area contributed by atoms with Crippen molar-refractivity contribution in [3.63, 3.8) is 0 Å². The largest absolute Gasteiger partial charge is 0.355 e. The number of aryl methyl sites for hydroxylation is 1. The molecule has 0 spiro atoms. The van der Waals surface area contributed by atoms with Gasteiger partial charge in [0.2, 0.25) is 0 Å². The SMILES string of the molecule is CN1CCCN(c2ccc(-n3cc(CCC(=O)c4ccc(Cl)s4)nn3)cn2)CC1. The van der Waals surface area contributed by atoms with Crippen LogP contribution in [-0.2, 0) is 6.42 Å². The Morgan fingerprint density at radius 3 is 2.83 bits per heavy atom. The van der Waals surface area contributed by atoms with Crippen molar-refractivity contribution < 1.29 is 4.79 Å². The summed E-state index contributed by atoms with van der Waals surface area (Å²) < 4.78 is 2.33. The van der Waals surface area contributed by atoms with Crippen LogP contribution in [0.4, 0.5) is 5.82 Å². The maximum absolute atomic E-state index is 12.2. The van der Waals surface area contributed by atoms with Gasteiger partial charge in [0.1, 0.15) is 5.82 Å². The van der Waals surface area contributed by atoms with Gasteiger partial charge >= 0.3 is 0 Å². The molecule has 0 bridgehead atoms. The van der Waals surface area contributed by atoms with Gasteiger partial charge in [0.15, 0.2) is 5.78 Å². The predicted octanol–water partition coefficient (Wildman–Crippen LogP) is 3.33. The fourth-order valence-corrected chi connectivity index (χ4v) is 4.36. The lowest BCUT2D eigenvalue weighted by molar-refractivity contribution is 0.0986. The number of halogens is 1. The van der Waals surface area contributed by atoms with Gasteiger partial charge in [-0.3, -0.25) is 4.79 Å². The van der Waals surface area contributed by atoms with Gasteiger partial charge in [0.05, 0.1) is 33.0 Å². The molecule has 4 heterocycles. The number of rotatable bonds is 6. The minimum Gasteiger partial charge on any atom is -0.355 e. The zero-order chi connectivity index (χ0) is 20.2. The van der Waals surface area contributed by atoms with E-state index in [4.69, 9.17) is 11.6 Å². The molecule has 3 aromatic rings. The fourth-order valence-electron chi connectivity index (χ4n) is 3.34. The molecule has 1 fully saturated rings. The second kappa shape index (κ2) is 9.02. The highest BCUT2D eigenvalue weighted by atomic mass is 35.5. The lowest BCUT2D eigenvalue weighted by atomic mass is 10.1. The second-order valence-corrected chi connectivity index (χ2v) is 8.91. The molecule has 1 saturated heterocycles. The van der Waals surface area contributed by atoms with Gasteiger partial charge in [-0.2, -0.15) is 0 Å². The van der Waals surface area contributed by atoms with Crippen LogP contribution in [0, 0.1) is 0 Å². The van der Waals surface area contributed by atoms with E-state index in [1.54, 1.807) is 16.8 Å². The molecular formula is C20H23ClN6OS. The lowest BCUT2D eigenvalue weighted by Gasteiger charge is -2.21. The zero-order valence-electron chi connectivity index (χ0n) is 16.3. The smallest absolute Gasteiger partial charge is 0.173 e. The van der Waals surface area contributed by atoms with Crippen LogP contribution in [0.15, 0.2) is 36.7 Å². The average Bonchev–Trinajstić information content (AvgIpc) is 3.32. The van der Waals surface area contributed by atoms with E-state index in [2.05, 4.69) is 32.1 Å². The number of carbonyl (C=O) groups is 1. The summed E-state index contributed by atoms with van der Waals surface area (Å²) in [6.07, 6.45) is 5.74. The van der Waals surface area contributed by atoms with E-state index in [1.807, 2.05) is 24.5 Å². The number of thiophene rings is 1. The number of ketones is 1. The first-order valence-electron chi connectivity index (χ1n) is 9.68. The number of hydrogen-bond donors (Lipinski definition) is 0. The van der Waals surface area contributed by atoms with Gasteiger partial charge < -0.3 is 9.80 Å². The highest BCUT2D eigenvalue weighted by molar-refractivity contribution is 7.18. The van der Waals surface area contributed by atoms with Gasteiger partial charge in [0.25, 0.3) is 0 Å². The number of carbonyl (C=O) groups excluding carboxylic acids is 1. The molecule has 4 rings (SSSR count). The standard InChI is InChI=1S/C20H23ClN6OS/c1-25-9-2-10-26(12-11-25)20-8-4-16(13-22-20)27-14-15(23-24-27)3-5-17(28)18-6-7-19(21)29-18/h4,6-8,13-14H,2-3,5,9-12H2,1H3. The number of hydrogen-bond acceptors (Lipinski definition) is 7. The summed E-state index contributed by atoms with van der Waals surface area (Å²) in [6, 6.07) is 7.55. The first-order valence-corrected chi connectivity index (χ1v) is 10.9. The maximum atomic E-state index is 12.2. The normalized spacial score (nSPS) is 15.4. The van der Waals surface area contributed by atoms with Crippen LogP contribution in [0.1, 0.15) is 28.2 Å². The molecular weight excluding hydrogens is 408 g/mol. The molecule has 0 unspecified atom stereocenters. The van der Waals surface area contributed by atoms with E-state index in [-0.39, 0.29) is 5.78 Å². The van der Waals surface area contributed by atoms with Crippen LogP contribution in [0.3, 0.4) is 0 Å². The van der Waals surface area contributed by atoms with Gasteiger partial charge in [-0.1, -0.05) is 16.8 Å². The van der Waals surface area contributed by atoms with E-state index >= 15 is 0 Å². The molecule has 29 heavy (non-hydrogen) atoms. The number of likely N-dealkylation sites (N-methyl/N-ethyl adjacent to an activating group) is 1. The topological polar surface area (TPSA) is 67.2 Å². The minimum atomic E-state index is 0.0746.